The summed E-state index contributed by atoms with van der Waals surface area (Å²) in [6.45, 7) is 0. The smallest absolute Gasteiger partial charge is 0.0149 e. The van der Waals surface area contributed by atoms with Crippen molar-refractivity contribution in [1.82, 2.24) is 0 Å². The second-order valence-corrected chi connectivity index (χ2v) is 0. The molecule has 0 aliphatic carbocycles. The van der Waals surface area contributed by atoms with Crippen LogP contribution in [0.25, 0.3) is 0 Å². The van der Waals surface area contributed by atoms with Crippen molar-refractivity contribution in [2.45, 2.75) is 0 Å². The molecule has 4 heteroatoms. The molecule has 0 nitrogen and oxygen atoms in total. The van der Waals surface area contributed by atoms with E-state index < -0.39 is 0 Å². The van der Waals surface area contributed by atoms with E-state index in [4.69, 9.17) is 0 Å². The van der Waals surface area contributed by atoms with Gasteiger partial charge >= 0.3 is 67.3 Å². The molecule has 0 atom stereocenters. The van der Waals surface area contributed by atoms with Crippen LogP contribution in [0.3, 0.4) is 0 Å². The molecule has 4 heavy (non-hydrogen) atoms. The summed E-state index contributed by atoms with van der Waals surface area (Å²) in [5, 5.41) is 0. The monoisotopic (exact) mass is 128 g/mol. The van der Waals surface area contributed by atoms with Crippen molar-refractivity contribution >= 4 is 95.6 Å². The summed E-state index contributed by atoms with van der Waals surface area (Å²) in [6, 6.07) is 0. The minimum Gasteiger partial charge on any atom is -0.0149 e. The molecule has 0 amide bonds. The van der Waals surface area contributed by atoms with Crippen LogP contribution in [-0.4, -0.2) is 95.6 Å². The maximum Gasteiger partial charge on any atom is -0.0149 e. The molecule has 0 aliphatic heterocycles. The van der Waals surface area contributed by atoms with Crippen LogP contribution in [0.5, 0.6) is 0 Å². The zero-order chi connectivity index (χ0) is 0. The average Bonchev–Trinajstić information content (AvgIpc) is 0. The first-order chi connectivity index (χ1) is 0. The first-order valence-electron chi connectivity index (χ1n) is 0. The van der Waals surface area contributed by atoms with Gasteiger partial charge in [0.05, 0.1) is 0 Å². The van der Waals surface area contributed by atoms with Crippen LogP contribution in [0.4, 0.5) is 0 Å². The van der Waals surface area contributed by atoms with Crippen molar-refractivity contribution in [1.29, 1.82) is 0 Å². The van der Waals surface area contributed by atoms with Crippen LogP contribution in [-0.2, 0) is 0 Å². The van der Waals surface area contributed by atoms with Crippen LogP contribution < -0.4 is 0 Å². The van der Waals surface area contributed by atoms with Gasteiger partial charge in [0.2, 0.25) is 0 Å². The van der Waals surface area contributed by atoms with Gasteiger partial charge in [0.1, 0.15) is 0 Å². The van der Waals surface area contributed by atoms with Crippen LogP contribution >= 0.6 is 0 Å². The predicted molar refractivity (Wildman–Crippen MR) is 37.0 cm³/mol. The fourth-order valence-electron chi connectivity index (χ4n) is 0. The fourth-order valence-corrected chi connectivity index (χ4v) is 0. The molecule has 0 aromatic rings. The number of hydrogen-bond acceptors (Lipinski definition) is 0. The van der Waals surface area contributed by atoms with Crippen molar-refractivity contribution in [3.05, 3.63) is 0 Å². The Morgan fingerprint density at radius 1 is 1.00 bits per heavy atom. The minimum absolute atomic E-state index is 0. The SMILES string of the molecule is [AlH3].[CaH2].[NaH].[SiH4]. The standard InChI is InChI=1S/Al.Ca.Na.H4Si.6H/h;;;1H4;;;;;;. The molecule has 0 rings (SSSR count). The maximum atomic E-state index is 0. The van der Waals surface area contributed by atoms with E-state index in [2.05, 4.69) is 0 Å². The Morgan fingerprint density at radius 3 is 1.00 bits per heavy atom. The zero-order valence-electron chi connectivity index (χ0n) is 0. The Kier molecular flexibility index (Phi) is 116. The third-order valence-electron chi connectivity index (χ3n) is 0. The summed E-state index contributed by atoms with van der Waals surface area (Å²) in [5.41, 5.74) is 0. The maximum absolute atomic E-state index is 0. The van der Waals surface area contributed by atoms with Crippen LogP contribution in [0, 0.1) is 0 Å². The molecule has 0 fully saturated rings. The van der Waals surface area contributed by atoms with Crippen molar-refractivity contribution in [2.75, 3.05) is 0 Å². The summed E-state index contributed by atoms with van der Waals surface area (Å²) in [7, 11) is 0. The summed E-state index contributed by atoms with van der Waals surface area (Å²) >= 11 is 0. The molecule has 0 radical (unpaired) electrons. The van der Waals surface area contributed by atoms with Gasteiger partial charge < -0.3 is 0 Å². The number of hydrogen-bond donors (Lipinski definition) is 0. The van der Waals surface area contributed by atoms with E-state index in [1.165, 1.54) is 0 Å². The van der Waals surface area contributed by atoms with E-state index >= 15 is 0 Å². The van der Waals surface area contributed by atoms with Gasteiger partial charge in [-0.15, -0.1) is 0 Å². The van der Waals surface area contributed by atoms with Gasteiger partial charge in [-0.2, -0.15) is 0 Å². The van der Waals surface area contributed by atoms with Gasteiger partial charge in [-0.25, -0.2) is 0 Å². The van der Waals surface area contributed by atoms with Crippen molar-refractivity contribution < 1.29 is 0 Å². The van der Waals surface area contributed by atoms with E-state index in [0.717, 1.165) is 0 Å². The second-order valence-electron chi connectivity index (χ2n) is 0. The molecule has 0 saturated carbocycles. The first-order valence-corrected chi connectivity index (χ1v) is 0. The van der Waals surface area contributed by atoms with E-state index in [9.17, 15) is 0 Å². The molecule has 0 bridgehead atoms. The quantitative estimate of drug-likeness (QED) is 0.290. The Balaban J connectivity index is 0. The largest absolute Gasteiger partial charge is 0.0149 e. The molecule has 0 spiro atoms. The Morgan fingerprint density at radius 2 is 1.00 bits per heavy atom. The normalized spacial score (nSPS) is 0. The third kappa shape index (κ3) is 8.89. The van der Waals surface area contributed by atoms with E-state index in [-0.39, 0.29) is 95.6 Å². The fraction of sp³-hybridized carbons (Fsp3) is 0. The van der Waals surface area contributed by atoms with Crippen LogP contribution in [0.2, 0.25) is 0 Å². The van der Waals surface area contributed by atoms with E-state index in [1.807, 2.05) is 0 Å². The molecule has 0 heterocycles. The topological polar surface area (TPSA) is 0 Å². The third-order valence-corrected chi connectivity index (χ3v) is 0. The van der Waals surface area contributed by atoms with Gasteiger partial charge in [-0.3, -0.25) is 0 Å². The summed E-state index contributed by atoms with van der Waals surface area (Å²) < 4.78 is 0. The van der Waals surface area contributed by atoms with E-state index in [1.54, 1.807) is 0 Å². The molecule has 0 aromatic carbocycles. The van der Waals surface area contributed by atoms with E-state index in [0.29, 0.717) is 0 Å². The average molecular weight is 128 g/mol. The summed E-state index contributed by atoms with van der Waals surface area (Å²) in [4.78, 5) is 0. The molecule has 0 aliphatic rings. The van der Waals surface area contributed by atoms with Crippen molar-refractivity contribution in [2.24, 2.45) is 0 Å². The van der Waals surface area contributed by atoms with Crippen LogP contribution in [0.15, 0.2) is 0 Å². The van der Waals surface area contributed by atoms with Gasteiger partial charge in [0.15, 0.2) is 17.4 Å². The number of rotatable bonds is 0. The molecule has 0 N–H and O–H groups in total. The minimum atomic E-state index is 0. The van der Waals surface area contributed by atoms with Crippen LogP contribution in [0.1, 0.15) is 0 Å². The predicted octanol–water partition coefficient (Wildman–Crippen LogP) is -4.20. The second kappa shape index (κ2) is 16.7. The van der Waals surface area contributed by atoms with Crippen molar-refractivity contribution in [3.63, 3.8) is 0 Å². The van der Waals surface area contributed by atoms with Gasteiger partial charge in [-0.05, 0) is 11.0 Å². The van der Waals surface area contributed by atoms with Gasteiger partial charge in [0.25, 0.3) is 0 Å². The molecule has 0 unspecified atom stereocenters. The first kappa shape index (κ1) is 28.0. The Labute approximate surface area is 93.5 Å². The molecular weight excluding hydrogens is 118 g/mol. The van der Waals surface area contributed by atoms with Gasteiger partial charge in [0, 0.05) is 0 Å². The molecule has 0 saturated heterocycles. The molecule has 0 aromatic heterocycles. The zero-order valence-corrected chi connectivity index (χ0v) is 0. The molecular formula is H10AlCaNaSi. The summed E-state index contributed by atoms with van der Waals surface area (Å²) in [5.74, 6) is 0. The molecule has 20 valence electrons. The van der Waals surface area contributed by atoms with Crippen molar-refractivity contribution in [3.8, 4) is 0 Å². The van der Waals surface area contributed by atoms with Gasteiger partial charge in [-0.1, -0.05) is 0 Å². The Hall–Kier alpha value is 3.01. The Bertz CT molecular complexity index is 8.00. The summed E-state index contributed by atoms with van der Waals surface area (Å²) in [6.07, 6.45) is 0.